The molecule has 3 aromatic rings. The zero-order valence-electron chi connectivity index (χ0n) is 10.5. The van der Waals surface area contributed by atoms with Crippen LogP contribution in [0.1, 0.15) is 21.8 Å². The van der Waals surface area contributed by atoms with Crippen LogP contribution in [0.4, 0.5) is 0 Å². The molecule has 0 radical (unpaired) electrons. The first-order chi connectivity index (χ1) is 9.79. The number of pyridine rings is 1. The molecule has 0 aliphatic heterocycles. The lowest BCUT2D eigenvalue weighted by Gasteiger charge is -2.08. The van der Waals surface area contributed by atoms with Gasteiger partial charge in [-0.05, 0) is 46.7 Å². The summed E-state index contributed by atoms with van der Waals surface area (Å²) in [6.07, 6.45) is 3.19. The molecule has 0 N–H and O–H groups in total. The largest absolute Gasteiger partial charge is 0.292 e. The summed E-state index contributed by atoms with van der Waals surface area (Å²) in [7, 11) is 0. The number of thiophene rings is 1. The zero-order chi connectivity index (χ0) is 13.9. The number of nitriles is 1. The second kappa shape index (κ2) is 5.24. The highest BCUT2D eigenvalue weighted by Crippen LogP contribution is 2.25. The van der Waals surface area contributed by atoms with E-state index in [0.717, 1.165) is 10.1 Å². The van der Waals surface area contributed by atoms with E-state index in [1.165, 1.54) is 0 Å². The summed E-state index contributed by atoms with van der Waals surface area (Å²) >= 11 is 1.63. The maximum Gasteiger partial charge on any atom is 0.184 e. The zero-order valence-corrected chi connectivity index (χ0v) is 11.3. The van der Waals surface area contributed by atoms with Gasteiger partial charge in [-0.3, -0.25) is 9.78 Å². The van der Waals surface area contributed by atoms with E-state index >= 15 is 0 Å². The van der Waals surface area contributed by atoms with Crippen LogP contribution in [0.5, 0.6) is 0 Å². The molecule has 1 atom stereocenters. The second-order valence-electron chi connectivity index (χ2n) is 4.39. The SMILES string of the molecule is N#CC(C(=O)c1ccc2sccc2c1)c1cccnc1. The van der Waals surface area contributed by atoms with Gasteiger partial charge in [-0.25, -0.2) is 0 Å². The molecule has 2 aromatic heterocycles. The van der Waals surface area contributed by atoms with Crippen molar-refractivity contribution >= 4 is 27.2 Å². The van der Waals surface area contributed by atoms with Crippen LogP contribution in [0, 0.1) is 11.3 Å². The van der Waals surface area contributed by atoms with E-state index in [2.05, 4.69) is 11.1 Å². The minimum Gasteiger partial charge on any atom is -0.292 e. The Bertz CT molecular complexity index is 802. The number of hydrogen-bond donors (Lipinski definition) is 0. The quantitative estimate of drug-likeness (QED) is 0.685. The summed E-state index contributed by atoms with van der Waals surface area (Å²) in [5.41, 5.74) is 1.19. The summed E-state index contributed by atoms with van der Waals surface area (Å²) in [5, 5.41) is 12.3. The highest BCUT2D eigenvalue weighted by Gasteiger charge is 2.22. The number of carbonyl (C=O) groups is 1. The third-order valence-corrected chi connectivity index (χ3v) is 4.04. The number of carbonyl (C=O) groups excluding carboxylic acids is 1. The van der Waals surface area contributed by atoms with Crippen LogP contribution in [0.3, 0.4) is 0 Å². The number of nitrogens with zero attached hydrogens (tertiary/aromatic N) is 2. The van der Waals surface area contributed by atoms with Crippen molar-refractivity contribution in [3.63, 3.8) is 0 Å². The van der Waals surface area contributed by atoms with E-state index in [4.69, 9.17) is 0 Å². The van der Waals surface area contributed by atoms with Crippen molar-refractivity contribution in [2.24, 2.45) is 0 Å². The average molecular weight is 278 g/mol. The fourth-order valence-electron chi connectivity index (χ4n) is 2.12. The molecule has 0 aliphatic rings. The van der Waals surface area contributed by atoms with E-state index in [0.29, 0.717) is 11.1 Å². The first-order valence-corrected chi connectivity index (χ1v) is 6.98. The molecule has 3 nitrogen and oxygen atoms in total. The van der Waals surface area contributed by atoms with Crippen LogP contribution in [-0.4, -0.2) is 10.8 Å². The Hall–Kier alpha value is -2.51. The Labute approximate surface area is 120 Å². The van der Waals surface area contributed by atoms with E-state index in [9.17, 15) is 10.1 Å². The fourth-order valence-corrected chi connectivity index (χ4v) is 2.89. The molecule has 0 saturated heterocycles. The molecule has 20 heavy (non-hydrogen) atoms. The van der Waals surface area contributed by atoms with Crippen molar-refractivity contribution in [3.05, 3.63) is 65.3 Å². The van der Waals surface area contributed by atoms with Crippen molar-refractivity contribution in [2.75, 3.05) is 0 Å². The molecule has 1 aromatic carbocycles. The van der Waals surface area contributed by atoms with Gasteiger partial charge in [0.25, 0.3) is 0 Å². The lowest BCUT2D eigenvalue weighted by molar-refractivity contribution is 0.0979. The van der Waals surface area contributed by atoms with Gasteiger partial charge >= 0.3 is 0 Å². The number of Topliss-reactive ketones (excluding diaryl/α,β-unsaturated/α-hetero) is 1. The van der Waals surface area contributed by atoms with Gasteiger partial charge in [0, 0.05) is 22.7 Å². The Morgan fingerprint density at radius 3 is 2.95 bits per heavy atom. The lowest BCUT2D eigenvalue weighted by atomic mass is 9.92. The Morgan fingerprint density at radius 2 is 2.20 bits per heavy atom. The molecule has 0 amide bonds. The summed E-state index contributed by atoms with van der Waals surface area (Å²) in [6, 6.07) is 13.1. The normalized spacial score (nSPS) is 11.9. The predicted molar refractivity (Wildman–Crippen MR) is 78.7 cm³/mol. The molecule has 2 heterocycles. The third kappa shape index (κ3) is 2.20. The fraction of sp³-hybridized carbons (Fsp3) is 0.0625. The van der Waals surface area contributed by atoms with Crippen molar-refractivity contribution in [3.8, 4) is 6.07 Å². The minimum atomic E-state index is -0.806. The molecule has 96 valence electrons. The van der Waals surface area contributed by atoms with Gasteiger partial charge in [0.2, 0.25) is 0 Å². The van der Waals surface area contributed by atoms with Crippen LogP contribution in [0.2, 0.25) is 0 Å². The topological polar surface area (TPSA) is 53.8 Å². The molecule has 0 aliphatic carbocycles. The molecular formula is C16H10N2OS. The molecule has 4 heteroatoms. The monoisotopic (exact) mass is 278 g/mol. The van der Waals surface area contributed by atoms with E-state index in [1.54, 1.807) is 41.9 Å². The lowest BCUT2D eigenvalue weighted by Crippen LogP contribution is -2.11. The number of aromatic nitrogens is 1. The number of rotatable bonds is 3. The summed E-state index contributed by atoms with van der Waals surface area (Å²) in [4.78, 5) is 16.5. The molecule has 1 unspecified atom stereocenters. The van der Waals surface area contributed by atoms with Gasteiger partial charge in [0.1, 0.15) is 5.92 Å². The van der Waals surface area contributed by atoms with E-state index < -0.39 is 5.92 Å². The van der Waals surface area contributed by atoms with Crippen LogP contribution in [0.25, 0.3) is 10.1 Å². The maximum absolute atomic E-state index is 12.5. The number of benzene rings is 1. The highest BCUT2D eigenvalue weighted by molar-refractivity contribution is 7.17. The summed E-state index contributed by atoms with van der Waals surface area (Å²) < 4.78 is 1.14. The Kier molecular flexibility index (Phi) is 3.28. The Morgan fingerprint density at radius 1 is 1.30 bits per heavy atom. The smallest absolute Gasteiger partial charge is 0.184 e. The summed E-state index contributed by atoms with van der Waals surface area (Å²) in [5.74, 6) is -0.992. The standard InChI is InChI=1S/C16H10N2OS/c17-9-14(13-2-1-6-18-10-13)16(19)12-3-4-15-11(8-12)5-7-20-15/h1-8,10,14H. The number of fused-ring (bicyclic) bond motifs is 1. The van der Waals surface area contributed by atoms with Crippen molar-refractivity contribution in [1.82, 2.24) is 4.98 Å². The molecular weight excluding hydrogens is 268 g/mol. The first kappa shape index (κ1) is 12.5. The number of hydrogen-bond acceptors (Lipinski definition) is 4. The van der Waals surface area contributed by atoms with Gasteiger partial charge in [-0.1, -0.05) is 6.07 Å². The van der Waals surface area contributed by atoms with Crippen LogP contribution < -0.4 is 0 Å². The Balaban J connectivity index is 2.00. The molecule has 3 rings (SSSR count). The molecule has 0 spiro atoms. The third-order valence-electron chi connectivity index (χ3n) is 3.15. The second-order valence-corrected chi connectivity index (χ2v) is 5.33. The van der Waals surface area contributed by atoms with Gasteiger partial charge in [-0.15, -0.1) is 11.3 Å². The maximum atomic E-state index is 12.5. The van der Waals surface area contributed by atoms with E-state index in [1.807, 2.05) is 23.6 Å². The van der Waals surface area contributed by atoms with Gasteiger partial charge in [-0.2, -0.15) is 5.26 Å². The first-order valence-electron chi connectivity index (χ1n) is 6.10. The average Bonchev–Trinajstić information content (AvgIpc) is 2.96. The van der Waals surface area contributed by atoms with Gasteiger partial charge in [0.05, 0.1) is 6.07 Å². The van der Waals surface area contributed by atoms with Crippen molar-refractivity contribution < 1.29 is 4.79 Å². The molecule has 0 saturated carbocycles. The van der Waals surface area contributed by atoms with E-state index in [-0.39, 0.29) is 5.78 Å². The van der Waals surface area contributed by atoms with Gasteiger partial charge < -0.3 is 0 Å². The van der Waals surface area contributed by atoms with Crippen LogP contribution >= 0.6 is 11.3 Å². The molecule has 0 bridgehead atoms. The summed E-state index contributed by atoms with van der Waals surface area (Å²) in [6.45, 7) is 0. The van der Waals surface area contributed by atoms with Crippen molar-refractivity contribution in [2.45, 2.75) is 5.92 Å². The van der Waals surface area contributed by atoms with Gasteiger partial charge in [0.15, 0.2) is 5.78 Å². The predicted octanol–water partition coefficient (Wildman–Crippen LogP) is 3.79. The number of ketones is 1. The van der Waals surface area contributed by atoms with Crippen LogP contribution in [-0.2, 0) is 0 Å². The molecule has 0 fully saturated rings. The minimum absolute atomic E-state index is 0.186. The van der Waals surface area contributed by atoms with Crippen molar-refractivity contribution in [1.29, 1.82) is 5.26 Å². The van der Waals surface area contributed by atoms with Crippen LogP contribution in [0.15, 0.2) is 54.2 Å². The highest BCUT2D eigenvalue weighted by atomic mass is 32.1.